The molecular weight excluding hydrogens is 400 g/mol. The molecule has 1 aromatic heterocycles. The quantitative estimate of drug-likeness (QED) is 0.750. The molecule has 2 saturated heterocycles. The van der Waals surface area contributed by atoms with Crippen molar-refractivity contribution in [2.24, 2.45) is 0 Å². The van der Waals surface area contributed by atoms with Gasteiger partial charge in [0.2, 0.25) is 0 Å². The molecule has 0 N–H and O–H groups in total. The molecule has 0 atom stereocenters. The molecule has 4 rings (SSSR count). The summed E-state index contributed by atoms with van der Waals surface area (Å²) < 4.78 is 0. The molecule has 6 nitrogen and oxygen atoms in total. The topological polar surface area (TPSA) is 56.8 Å². The maximum Gasteiger partial charge on any atom is 0.255 e. The normalized spacial score (nSPS) is 17.6. The minimum absolute atomic E-state index is 0.00569. The summed E-state index contributed by atoms with van der Waals surface area (Å²) in [5.41, 5.74) is 1.25. The molecule has 7 heteroatoms. The highest BCUT2D eigenvalue weighted by Gasteiger charge is 2.24. The highest BCUT2D eigenvalue weighted by atomic mass is 35.5. The number of benzene rings is 1. The van der Waals surface area contributed by atoms with Crippen LogP contribution in [0.5, 0.6) is 0 Å². The van der Waals surface area contributed by atoms with Gasteiger partial charge in [0, 0.05) is 51.0 Å². The zero-order valence-corrected chi connectivity index (χ0v) is 17.9. The van der Waals surface area contributed by atoms with E-state index in [9.17, 15) is 9.59 Å². The first-order valence-electron chi connectivity index (χ1n) is 10.7. The van der Waals surface area contributed by atoms with Crippen molar-refractivity contribution in [2.45, 2.75) is 25.7 Å². The lowest BCUT2D eigenvalue weighted by Gasteiger charge is -2.27. The Morgan fingerprint density at radius 1 is 0.767 bits per heavy atom. The molecule has 1 aromatic carbocycles. The second-order valence-corrected chi connectivity index (χ2v) is 8.29. The second-order valence-electron chi connectivity index (χ2n) is 7.88. The lowest BCUT2D eigenvalue weighted by Crippen LogP contribution is -2.36. The summed E-state index contributed by atoms with van der Waals surface area (Å²) >= 11 is 6.54. The summed E-state index contributed by atoms with van der Waals surface area (Å²) in [5.74, 6) is 0.742. The van der Waals surface area contributed by atoms with Crippen LogP contribution < -0.4 is 4.90 Å². The molecule has 2 aliphatic rings. The number of hydrogen-bond donors (Lipinski definition) is 0. The van der Waals surface area contributed by atoms with Gasteiger partial charge in [0.05, 0.1) is 10.6 Å². The average Bonchev–Trinajstić information content (AvgIpc) is 3.05. The number of rotatable bonds is 3. The highest BCUT2D eigenvalue weighted by Crippen LogP contribution is 2.26. The zero-order chi connectivity index (χ0) is 20.9. The predicted octanol–water partition coefficient (Wildman–Crippen LogP) is 3.71. The van der Waals surface area contributed by atoms with Crippen LogP contribution in [0.25, 0.3) is 0 Å². The molecule has 2 aromatic rings. The van der Waals surface area contributed by atoms with Crippen molar-refractivity contribution < 1.29 is 9.59 Å². The lowest BCUT2D eigenvalue weighted by atomic mass is 10.1. The van der Waals surface area contributed by atoms with E-state index in [4.69, 9.17) is 11.6 Å². The van der Waals surface area contributed by atoms with Crippen molar-refractivity contribution in [3.63, 3.8) is 0 Å². The number of likely N-dealkylation sites (tertiary alicyclic amines) is 1. The van der Waals surface area contributed by atoms with E-state index in [0.717, 1.165) is 38.9 Å². The van der Waals surface area contributed by atoms with Crippen molar-refractivity contribution in [1.82, 2.24) is 14.8 Å². The van der Waals surface area contributed by atoms with Crippen LogP contribution in [0.3, 0.4) is 0 Å². The number of pyridine rings is 1. The fourth-order valence-electron chi connectivity index (χ4n) is 4.16. The van der Waals surface area contributed by atoms with Crippen molar-refractivity contribution in [3.8, 4) is 0 Å². The lowest BCUT2D eigenvalue weighted by molar-refractivity contribution is 0.0722. The Morgan fingerprint density at radius 3 is 2.17 bits per heavy atom. The van der Waals surface area contributed by atoms with Crippen LogP contribution in [0, 0.1) is 0 Å². The van der Waals surface area contributed by atoms with Gasteiger partial charge in [-0.25, -0.2) is 4.98 Å². The molecule has 2 amide bonds. The van der Waals surface area contributed by atoms with Gasteiger partial charge in [0.25, 0.3) is 11.8 Å². The molecule has 3 heterocycles. The summed E-state index contributed by atoms with van der Waals surface area (Å²) in [6, 6.07) is 11.1. The smallest absolute Gasteiger partial charge is 0.255 e. The minimum atomic E-state index is 0.00569. The van der Waals surface area contributed by atoms with Crippen LogP contribution in [0.2, 0.25) is 5.02 Å². The van der Waals surface area contributed by atoms with Crippen LogP contribution in [0.15, 0.2) is 42.6 Å². The third-order valence-corrected chi connectivity index (χ3v) is 6.09. The number of piperidine rings is 1. The van der Waals surface area contributed by atoms with Gasteiger partial charge in [0.15, 0.2) is 0 Å². The first-order valence-corrected chi connectivity index (χ1v) is 11.1. The second kappa shape index (κ2) is 9.47. The molecule has 30 heavy (non-hydrogen) atoms. The Kier molecular flexibility index (Phi) is 6.53. The monoisotopic (exact) mass is 426 g/mol. The third kappa shape index (κ3) is 4.59. The molecule has 2 fully saturated rings. The molecule has 2 aliphatic heterocycles. The molecule has 0 aliphatic carbocycles. The van der Waals surface area contributed by atoms with Crippen LogP contribution >= 0.6 is 11.6 Å². The van der Waals surface area contributed by atoms with Crippen LogP contribution in [0.1, 0.15) is 46.4 Å². The summed E-state index contributed by atoms with van der Waals surface area (Å²) in [4.78, 5) is 35.9. The molecule has 0 saturated carbocycles. The van der Waals surface area contributed by atoms with E-state index in [0.29, 0.717) is 41.6 Å². The number of amides is 2. The van der Waals surface area contributed by atoms with Crippen molar-refractivity contribution in [1.29, 1.82) is 0 Å². The molecule has 0 unspecified atom stereocenters. The fourth-order valence-corrected chi connectivity index (χ4v) is 4.44. The number of anilines is 1. The van der Waals surface area contributed by atoms with Crippen LogP contribution in [0.4, 0.5) is 5.82 Å². The number of hydrogen-bond acceptors (Lipinski definition) is 4. The number of nitrogens with zero attached hydrogens (tertiary/aromatic N) is 4. The predicted molar refractivity (Wildman–Crippen MR) is 118 cm³/mol. The molecular formula is C23H27ClN4O2. The standard InChI is InChI=1S/C23H27ClN4O2/c24-20-16-19(23(30)27-10-5-2-6-11-27)17-25-21(20)26-12-7-13-28(15-14-26)22(29)18-8-3-1-4-9-18/h1,3-4,8-9,16-17H,2,5-7,10-15H2. The summed E-state index contributed by atoms with van der Waals surface area (Å²) in [5, 5.41) is 0.487. The number of halogens is 1. The van der Waals surface area contributed by atoms with Gasteiger partial charge in [-0.15, -0.1) is 0 Å². The first kappa shape index (κ1) is 20.7. The first-order chi connectivity index (χ1) is 14.6. The minimum Gasteiger partial charge on any atom is -0.354 e. The Morgan fingerprint density at radius 2 is 1.43 bits per heavy atom. The Hall–Kier alpha value is -2.60. The summed E-state index contributed by atoms with van der Waals surface area (Å²) in [6.07, 6.45) is 5.76. The van der Waals surface area contributed by atoms with Gasteiger partial charge < -0.3 is 14.7 Å². The Labute approximate surface area is 182 Å². The molecule has 0 spiro atoms. The van der Waals surface area contributed by atoms with Crippen molar-refractivity contribution in [2.75, 3.05) is 44.2 Å². The Bertz CT molecular complexity index is 899. The maximum atomic E-state index is 12.8. The van der Waals surface area contributed by atoms with Crippen LogP contribution in [-0.2, 0) is 0 Å². The van der Waals surface area contributed by atoms with Crippen LogP contribution in [-0.4, -0.2) is 65.9 Å². The molecule has 158 valence electrons. The number of carbonyl (C=O) groups excluding carboxylic acids is 2. The fraction of sp³-hybridized carbons (Fsp3) is 0.435. The van der Waals surface area contributed by atoms with E-state index in [-0.39, 0.29) is 11.8 Å². The van der Waals surface area contributed by atoms with E-state index < -0.39 is 0 Å². The highest BCUT2D eigenvalue weighted by molar-refractivity contribution is 6.33. The SMILES string of the molecule is O=C(c1cnc(N2CCCN(C(=O)c3ccccc3)CC2)c(Cl)c1)N1CCCCC1. The maximum absolute atomic E-state index is 12.8. The van der Waals surface area contributed by atoms with Gasteiger partial charge in [-0.05, 0) is 43.9 Å². The largest absolute Gasteiger partial charge is 0.354 e. The average molecular weight is 427 g/mol. The van der Waals surface area contributed by atoms with E-state index in [1.807, 2.05) is 40.1 Å². The Balaban J connectivity index is 1.43. The van der Waals surface area contributed by atoms with Gasteiger partial charge >= 0.3 is 0 Å². The van der Waals surface area contributed by atoms with Gasteiger partial charge in [-0.2, -0.15) is 0 Å². The van der Waals surface area contributed by atoms with E-state index in [1.54, 1.807) is 12.3 Å². The molecule has 0 bridgehead atoms. The zero-order valence-electron chi connectivity index (χ0n) is 17.1. The number of aromatic nitrogens is 1. The summed E-state index contributed by atoms with van der Waals surface area (Å²) in [7, 11) is 0. The van der Waals surface area contributed by atoms with E-state index in [2.05, 4.69) is 9.88 Å². The third-order valence-electron chi connectivity index (χ3n) is 5.82. The van der Waals surface area contributed by atoms with Crippen molar-refractivity contribution in [3.05, 3.63) is 58.7 Å². The van der Waals surface area contributed by atoms with Crippen molar-refractivity contribution >= 4 is 29.2 Å². The van der Waals surface area contributed by atoms with Gasteiger partial charge in [0.1, 0.15) is 5.82 Å². The molecule has 0 radical (unpaired) electrons. The summed E-state index contributed by atoms with van der Waals surface area (Å²) in [6.45, 7) is 4.34. The van der Waals surface area contributed by atoms with Gasteiger partial charge in [-0.3, -0.25) is 9.59 Å². The number of carbonyl (C=O) groups is 2. The van der Waals surface area contributed by atoms with E-state index in [1.165, 1.54) is 6.42 Å². The van der Waals surface area contributed by atoms with Gasteiger partial charge in [-0.1, -0.05) is 29.8 Å². The van der Waals surface area contributed by atoms with E-state index >= 15 is 0 Å².